The highest BCUT2D eigenvalue weighted by Gasteiger charge is 2.32. The van der Waals surface area contributed by atoms with Gasteiger partial charge in [0.25, 0.3) is 0 Å². The Kier molecular flexibility index (Phi) is 3.24. The van der Waals surface area contributed by atoms with Gasteiger partial charge in [0.15, 0.2) is 11.5 Å². The molecule has 0 saturated heterocycles. The molecule has 0 aromatic heterocycles. The zero-order valence-corrected chi connectivity index (χ0v) is 7.89. The number of para-hydroxylation sites is 1. The molecule has 0 bridgehead atoms. The van der Waals surface area contributed by atoms with Crippen molar-refractivity contribution in [2.24, 2.45) is 0 Å². The third kappa shape index (κ3) is 2.90. The lowest BCUT2D eigenvalue weighted by Gasteiger charge is -2.13. The quantitative estimate of drug-likeness (QED) is 0.774. The van der Waals surface area contributed by atoms with Crippen molar-refractivity contribution < 1.29 is 22.6 Å². The molecule has 15 heavy (non-hydrogen) atoms. The van der Waals surface area contributed by atoms with Gasteiger partial charge in [0.1, 0.15) is 0 Å². The number of halogens is 3. The summed E-state index contributed by atoms with van der Waals surface area (Å²) in [6.45, 7) is 3.34. The lowest BCUT2D eigenvalue weighted by atomic mass is 10.2. The standard InChI is InChI=1S/C10H8F3O2/c1-3-7-5-4-6-8(9(7)14-2)15-10(11,12)13/h4-6H,1H2,2H3. The third-order valence-corrected chi connectivity index (χ3v) is 1.60. The molecule has 1 radical (unpaired) electrons. The van der Waals surface area contributed by atoms with E-state index in [1.807, 2.05) is 0 Å². The minimum atomic E-state index is -4.74. The fourth-order valence-electron chi connectivity index (χ4n) is 1.07. The summed E-state index contributed by atoms with van der Waals surface area (Å²) in [5.41, 5.74) is 0.319. The first-order valence-electron chi connectivity index (χ1n) is 3.94. The molecule has 0 amide bonds. The summed E-state index contributed by atoms with van der Waals surface area (Å²) in [6.07, 6.45) is -2.29. The predicted molar refractivity (Wildman–Crippen MR) is 47.6 cm³/mol. The van der Waals surface area contributed by atoms with Crippen LogP contribution in [0.2, 0.25) is 0 Å². The first kappa shape index (κ1) is 11.4. The normalized spacial score (nSPS) is 10.9. The van der Waals surface area contributed by atoms with Gasteiger partial charge in [0, 0.05) is 5.56 Å². The number of hydrogen-bond acceptors (Lipinski definition) is 2. The Morgan fingerprint density at radius 3 is 2.47 bits per heavy atom. The van der Waals surface area contributed by atoms with Gasteiger partial charge in [-0.15, -0.1) is 13.2 Å². The van der Waals surface area contributed by atoms with Crippen LogP contribution in [0.25, 0.3) is 0 Å². The summed E-state index contributed by atoms with van der Waals surface area (Å²) in [7, 11) is 1.25. The van der Waals surface area contributed by atoms with Crippen LogP contribution in [0, 0.1) is 6.08 Å². The summed E-state index contributed by atoms with van der Waals surface area (Å²) in [5.74, 6) is -0.441. The molecule has 0 aliphatic heterocycles. The van der Waals surface area contributed by atoms with Gasteiger partial charge in [-0.1, -0.05) is 18.7 Å². The number of hydrogen-bond donors (Lipinski definition) is 0. The Balaban J connectivity index is 3.12. The fourth-order valence-corrected chi connectivity index (χ4v) is 1.07. The summed E-state index contributed by atoms with van der Waals surface area (Å²) in [6, 6.07) is 4.08. The lowest BCUT2D eigenvalue weighted by molar-refractivity contribution is -0.275. The minimum absolute atomic E-state index is 0.0372. The van der Waals surface area contributed by atoms with E-state index >= 15 is 0 Å². The van der Waals surface area contributed by atoms with Gasteiger partial charge >= 0.3 is 6.36 Å². The maximum absolute atomic E-state index is 12.0. The molecule has 0 heterocycles. The molecule has 0 N–H and O–H groups in total. The van der Waals surface area contributed by atoms with Gasteiger partial charge in [-0.3, -0.25) is 0 Å². The van der Waals surface area contributed by atoms with Crippen molar-refractivity contribution in [1.29, 1.82) is 0 Å². The van der Waals surface area contributed by atoms with E-state index in [2.05, 4.69) is 17.4 Å². The molecule has 81 valence electrons. The molecule has 1 rings (SSSR count). The second kappa shape index (κ2) is 4.25. The van der Waals surface area contributed by atoms with Crippen molar-refractivity contribution in [3.05, 3.63) is 36.4 Å². The van der Waals surface area contributed by atoms with Crippen LogP contribution in [0.1, 0.15) is 5.56 Å². The number of rotatable bonds is 3. The molecule has 0 unspecified atom stereocenters. The molecule has 0 atom stereocenters. The number of methoxy groups -OCH3 is 1. The van der Waals surface area contributed by atoms with Gasteiger partial charge < -0.3 is 9.47 Å². The second-order valence-electron chi connectivity index (χ2n) is 2.56. The summed E-state index contributed by atoms with van der Waals surface area (Å²) < 4.78 is 44.5. The molecular formula is C10H8F3O2. The molecule has 0 aliphatic carbocycles. The highest BCUT2D eigenvalue weighted by atomic mass is 19.4. The van der Waals surface area contributed by atoms with Crippen LogP contribution in [0.15, 0.2) is 24.8 Å². The van der Waals surface area contributed by atoms with Crippen molar-refractivity contribution in [3.63, 3.8) is 0 Å². The summed E-state index contributed by atoms with van der Waals surface area (Å²) >= 11 is 0. The SMILES string of the molecule is C=[C]c1cccc(OC(F)(F)F)c1OC. The highest BCUT2D eigenvalue weighted by Crippen LogP contribution is 2.34. The van der Waals surface area contributed by atoms with E-state index in [0.29, 0.717) is 5.56 Å². The monoisotopic (exact) mass is 217 g/mol. The first-order valence-corrected chi connectivity index (χ1v) is 3.94. The fraction of sp³-hybridized carbons (Fsp3) is 0.200. The van der Waals surface area contributed by atoms with Crippen molar-refractivity contribution in [1.82, 2.24) is 0 Å². The molecule has 0 spiro atoms. The first-order chi connectivity index (χ1) is 6.98. The van der Waals surface area contributed by atoms with E-state index < -0.39 is 12.1 Å². The summed E-state index contributed by atoms with van der Waals surface area (Å²) in [4.78, 5) is 0. The van der Waals surface area contributed by atoms with Crippen LogP contribution in [0.5, 0.6) is 11.5 Å². The van der Waals surface area contributed by atoms with Crippen molar-refractivity contribution in [2.45, 2.75) is 6.36 Å². The smallest absolute Gasteiger partial charge is 0.492 e. The number of benzene rings is 1. The molecule has 1 aromatic carbocycles. The molecule has 5 heteroatoms. The topological polar surface area (TPSA) is 18.5 Å². The molecule has 0 fully saturated rings. The second-order valence-corrected chi connectivity index (χ2v) is 2.56. The summed E-state index contributed by atoms with van der Waals surface area (Å²) in [5, 5.41) is 0. The lowest BCUT2D eigenvalue weighted by Crippen LogP contribution is -2.17. The highest BCUT2D eigenvalue weighted by molar-refractivity contribution is 5.49. The Morgan fingerprint density at radius 2 is 2.00 bits per heavy atom. The maximum atomic E-state index is 12.0. The van der Waals surface area contributed by atoms with E-state index in [9.17, 15) is 13.2 Å². The maximum Gasteiger partial charge on any atom is 0.573 e. The Morgan fingerprint density at radius 1 is 1.33 bits per heavy atom. The van der Waals surface area contributed by atoms with Gasteiger partial charge in [0.2, 0.25) is 0 Å². The van der Waals surface area contributed by atoms with Gasteiger partial charge in [-0.2, -0.15) is 0 Å². The van der Waals surface area contributed by atoms with Crippen LogP contribution in [-0.2, 0) is 0 Å². The van der Waals surface area contributed by atoms with Crippen LogP contribution in [0.3, 0.4) is 0 Å². The number of ether oxygens (including phenoxy) is 2. The van der Waals surface area contributed by atoms with Crippen molar-refractivity contribution in [2.75, 3.05) is 7.11 Å². The van der Waals surface area contributed by atoms with E-state index in [4.69, 9.17) is 4.74 Å². The molecule has 1 aromatic rings. The van der Waals surface area contributed by atoms with Crippen LogP contribution >= 0.6 is 0 Å². The average molecular weight is 217 g/mol. The van der Waals surface area contributed by atoms with Crippen LogP contribution in [-0.4, -0.2) is 13.5 Å². The molecule has 0 saturated carbocycles. The van der Waals surface area contributed by atoms with Crippen LogP contribution < -0.4 is 9.47 Å². The molecular weight excluding hydrogens is 209 g/mol. The Labute approximate surface area is 84.9 Å². The Bertz CT molecular complexity index is 358. The minimum Gasteiger partial charge on any atom is -0.492 e. The van der Waals surface area contributed by atoms with Gasteiger partial charge in [-0.25, -0.2) is 0 Å². The van der Waals surface area contributed by atoms with Gasteiger partial charge in [0.05, 0.1) is 7.11 Å². The third-order valence-electron chi connectivity index (χ3n) is 1.60. The van der Waals surface area contributed by atoms with E-state index in [0.717, 1.165) is 6.07 Å². The largest absolute Gasteiger partial charge is 0.573 e. The molecule has 0 aliphatic rings. The van der Waals surface area contributed by atoms with Crippen LogP contribution in [0.4, 0.5) is 13.2 Å². The predicted octanol–water partition coefficient (Wildman–Crippen LogP) is 2.93. The van der Waals surface area contributed by atoms with E-state index in [1.54, 1.807) is 0 Å². The Hall–Kier alpha value is -1.65. The average Bonchev–Trinajstić information content (AvgIpc) is 2.15. The molecule has 2 nitrogen and oxygen atoms in total. The number of alkyl halides is 3. The van der Waals surface area contributed by atoms with Crippen molar-refractivity contribution in [3.8, 4) is 11.5 Å². The van der Waals surface area contributed by atoms with Gasteiger partial charge in [-0.05, 0) is 12.1 Å². The zero-order valence-electron chi connectivity index (χ0n) is 7.89. The van der Waals surface area contributed by atoms with Crippen molar-refractivity contribution >= 4 is 0 Å². The van der Waals surface area contributed by atoms with E-state index in [-0.39, 0.29) is 5.75 Å². The zero-order chi connectivity index (χ0) is 11.5. The van der Waals surface area contributed by atoms with E-state index in [1.165, 1.54) is 19.2 Å².